The van der Waals surface area contributed by atoms with Crippen molar-refractivity contribution in [2.45, 2.75) is 25.8 Å². The minimum absolute atomic E-state index is 0. The number of likely N-dealkylation sites (tertiary alicyclic amines) is 1. The molecule has 1 aromatic heterocycles. The number of nitrogens with zero attached hydrogens (tertiary/aromatic N) is 1. The van der Waals surface area contributed by atoms with Gasteiger partial charge in [-0.1, -0.05) is 29.8 Å². The largest absolute Gasteiger partial charge is 0.336 e. The number of hydrogen-bond acceptors (Lipinski definition) is 3. The topological polar surface area (TPSA) is 32.3 Å². The minimum Gasteiger partial charge on any atom is -0.336 e. The minimum atomic E-state index is 0. The molecule has 1 amide bonds. The van der Waals surface area contributed by atoms with Crippen LogP contribution in [0.1, 0.15) is 28.1 Å². The van der Waals surface area contributed by atoms with Crippen LogP contribution >= 0.6 is 23.7 Å². The number of nitrogens with one attached hydrogen (secondary N) is 1. The van der Waals surface area contributed by atoms with E-state index < -0.39 is 0 Å². The molecule has 2 aromatic rings. The van der Waals surface area contributed by atoms with Crippen LogP contribution in [-0.2, 0) is 0 Å². The normalized spacial score (nSPS) is 17.7. The van der Waals surface area contributed by atoms with Gasteiger partial charge in [-0.15, -0.1) is 23.7 Å². The number of hydrogen-bond donors (Lipinski definition) is 1. The lowest BCUT2D eigenvalue weighted by Crippen LogP contribution is -2.46. The number of benzene rings is 1. The Kier molecular flexibility index (Phi) is 6.22. The van der Waals surface area contributed by atoms with Crippen molar-refractivity contribution in [1.82, 2.24) is 10.2 Å². The summed E-state index contributed by atoms with van der Waals surface area (Å²) < 4.78 is 0. The molecule has 0 bridgehead atoms. The number of piperidine rings is 1. The lowest BCUT2D eigenvalue weighted by Gasteiger charge is -2.32. The van der Waals surface area contributed by atoms with E-state index in [0.717, 1.165) is 41.9 Å². The number of likely N-dealkylation sites (N-methyl/N-ethyl adjacent to an activating group) is 1. The number of rotatable bonds is 3. The van der Waals surface area contributed by atoms with Gasteiger partial charge in [-0.3, -0.25) is 4.79 Å². The van der Waals surface area contributed by atoms with E-state index in [2.05, 4.69) is 42.6 Å². The van der Waals surface area contributed by atoms with Crippen molar-refractivity contribution in [2.75, 3.05) is 20.1 Å². The van der Waals surface area contributed by atoms with Crippen molar-refractivity contribution < 1.29 is 4.79 Å². The summed E-state index contributed by atoms with van der Waals surface area (Å²) in [7, 11) is 1.97. The molecular formula is C18H23ClN2OS. The average Bonchev–Trinajstić information content (AvgIpc) is 3.04. The van der Waals surface area contributed by atoms with Crippen LogP contribution in [0.3, 0.4) is 0 Å². The maximum Gasteiger partial charge on any atom is 0.264 e. The van der Waals surface area contributed by atoms with Gasteiger partial charge in [0, 0.05) is 24.7 Å². The van der Waals surface area contributed by atoms with Crippen LogP contribution < -0.4 is 5.32 Å². The number of carbonyl (C=O) groups excluding carboxylic acids is 1. The molecule has 1 saturated heterocycles. The highest BCUT2D eigenvalue weighted by Gasteiger charge is 2.26. The molecular weight excluding hydrogens is 328 g/mol. The summed E-state index contributed by atoms with van der Waals surface area (Å²) in [5, 5.41) is 5.31. The van der Waals surface area contributed by atoms with Gasteiger partial charge >= 0.3 is 0 Å². The Morgan fingerprint density at radius 2 is 2.00 bits per heavy atom. The summed E-state index contributed by atoms with van der Waals surface area (Å²) in [6, 6.07) is 10.9. The first kappa shape index (κ1) is 18.0. The van der Waals surface area contributed by atoms with Gasteiger partial charge in [-0.25, -0.2) is 0 Å². The number of carbonyl (C=O) groups is 1. The second-order valence-electron chi connectivity index (χ2n) is 5.91. The number of amides is 1. The van der Waals surface area contributed by atoms with E-state index >= 15 is 0 Å². The van der Waals surface area contributed by atoms with Gasteiger partial charge < -0.3 is 10.2 Å². The Morgan fingerprint density at radius 3 is 2.70 bits per heavy atom. The summed E-state index contributed by atoms with van der Waals surface area (Å²) in [4.78, 5) is 15.7. The van der Waals surface area contributed by atoms with Gasteiger partial charge in [0.25, 0.3) is 5.91 Å². The smallest absolute Gasteiger partial charge is 0.264 e. The summed E-state index contributed by atoms with van der Waals surface area (Å²) in [6.07, 6.45) is 2.22. The zero-order chi connectivity index (χ0) is 15.5. The monoisotopic (exact) mass is 350 g/mol. The average molecular weight is 351 g/mol. The molecule has 1 aliphatic heterocycles. The van der Waals surface area contributed by atoms with E-state index in [0.29, 0.717) is 6.04 Å². The third-order valence-corrected chi connectivity index (χ3v) is 5.24. The summed E-state index contributed by atoms with van der Waals surface area (Å²) in [6.45, 7) is 3.75. The highest BCUT2D eigenvalue weighted by atomic mass is 35.5. The molecule has 1 fully saturated rings. The van der Waals surface area contributed by atoms with Crippen LogP contribution in [0.25, 0.3) is 11.1 Å². The number of aryl methyl sites for hydroxylation is 1. The van der Waals surface area contributed by atoms with Gasteiger partial charge in [-0.05, 0) is 43.8 Å². The van der Waals surface area contributed by atoms with Crippen LogP contribution in [-0.4, -0.2) is 37.0 Å². The van der Waals surface area contributed by atoms with E-state index in [-0.39, 0.29) is 18.3 Å². The van der Waals surface area contributed by atoms with E-state index in [9.17, 15) is 4.79 Å². The predicted octanol–water partition coefficient (Wildman–Crippen LogP) is 3.97. The van der Waals surface area contributed by atoms with E-state index in [1.807, 2.05) is 17.3 Å². The van der Waals surface area contributed by atoms with E-state index in [1.165, 1.54) is 5.56 Å². The molecule has 1 atom stereocenters. The van der Waals surface area contributed by atoms with Crippen molar-refractivity contribution in [1.29, 1.82) is 0 Å². The van der Waals surface area contributed by atoms with Crippen LogP contribution in [0.2, 0.25) is 0 Å². The molecule has 3 rings (SSSR count). The number of thiophene rings is 1. The lowest BCUT2D eigenvalue weighted by atomic mass is 10.0. The molecule has 0 saturated carbocycles. The maximum absolute atomic E-state index is 12.9. The first-order valence-corrected chi connectivity index (χ1v) is 8.68. The quantitative estimate of drug-likeness (QED) is 0.908. The van der Waals surface area contributed by atoms with Gasteiger partial charge in [0.1, 0.15) is 0 Å². The first-order valence-electron chi connectivity index (χ1n) is 7.80. The zero-order valence-corrected chi connectivity index (χ0v) is 15.2. The molecule has 1 aromatic carbocycles. The third-order valence-electron chi connectivity index (χ3n) is 4.34. The molecule has 2 heterocycles. The van der Waals surface area contributed by atoms with Gasteiger partial charge in [0.15, 0.2) is 0 Å². The summed E-state index contributed by atoms with van der Waals surface area (Å²) in [5.41, 5.74) is 3.42. The summed E-state index contributed by atoms with van der Waals surface area (Å²) in [5.74, 6) is 0.172. The van der Waals surface area contributed by atoms with Crippen LogP contribution in [0.15, 0.2) is 35.7 Å². The molecule has 124 valence electrons. The number of halogens is 1. The van der Waals surface area contributed by atoms with Crippen molar-refractivity contribution in [3.63, 3.8) is 0 Å². The Bertz CT molecular complexity index is 653. The Hall–Kier alpha value is -1.36. The van der Waals surface area contributed by atoms with Crippen molar-refractivity contribution >= 4 is 29.7 Å². The van der Waals surface area contributed by atoms with Gasteiger partial charge in [-0.2, -0.15) is 0 Å². The van der Waals surface area contributed by atoms with Crippen LogP contribution in [0, 0.1) is 6.92 Å². The molecule has 1 unspecified atom stereocenters. The molecule has 23 heavy (non-hydrogen) atoms. The zero-order valence-electron chi connectivity index (χ0n) is 13.5. The Labute approximate surface area is 148 Å². The second kappa shape index (κ2) is 7.95. The van der Waals surface area contributed by atoms with Gasteiger partial charge in [0.05, 0.1) is 4.88 Å². The van der Waals surface area contributed by atoms with E-state index in [4.69, 9.17) is 0 Å². The lowest BCUT2D eigenvalue weighted by molar-refractivity contribution is 0.0704. The summed E-state index contributed by atoms with van der Waals surface area (Å²) >= 11 is 1.55. The maximum atomic E-state index is 12.9. The predicted molar refractivity (Wildman–Crippen MR) is 99.7 cm³/mol. The Balaban J connectivity index is 0.00000192. The highest BCUT2D eigenvalue weighted by molar-refractivity contribution is 7.12. The fourth-order valence-electron chi connectivity index (χ4n) is 2.98. The van der Waals surface area contributed by atoms with Crippen LogP contribution in [0.5, 0.6) is 0 Å². The highest BCUT2D eigenvalue weighted by Crippen LogP contribution is 2.30. The molecule has 0 radical (unpaired) electrons. The molecule has 0 aliphatic carbocycles. The molecule has 5 heteroatoms. The molecule has 1 N–H and O–H groups in total. The van der Waals surface area contributed by atoms with Gasteiger partial charge in [0.2, 0.25) is 0 Å². The fourth-order valence-corrected chi connectivity index (χ4v) is 3.86. The van der Waals surface area contributed by atoms with Crippen molar-refractivity contribution in [3.05, 3.63) is 46.2 Å². The first-order chi connectivity index (χ1) is 10.7. The standard InChI is InChI=1S/C18H22N2OS.ClH/c1-13-5-7-14(8-6-13)16-9-11-22-17(16)18(21)20-10-3-4-15(12-20)19-2;/h5-9,11,15,19H,3-4,10,12H2,1-2H3;1H. The molecule has 1 aliphatic rings. The van der Waals surface area contributed by atoms with E-state index in [1.54, 1.807) is 11.3 Å². The molecule has 3 nitrogen and oxygen atoms in total. The SMILES string of the molecule is CNC1CCCN(C(=O)c2sccc2-c2ccc(C)cc2)C1.Cl. The van der Waals surface area contributed by atoms with Crippen molar-refractivity contribution in [2.24, 2.45) is 0 Å². The van der Waals surface area contributed by atoms with Crippen molar-refractivity contribution in [3.8, 4) is 11.1 Å². The third kappa shape index (κ3) is 3.94. The Morgan fingerprint density at radius 1 is 1.26 bits per heavy atom. The fraction of sp³-hybridized carbons (Fsp3) is 0.389. The van der Waals surface area contributed by atoms with Crippen LogP contribution in [0.4, 0.5) is 0 Å². The second-order valence-corrected chi connectivity index (χ2v) is 6.82. The molecule has 0 spiro atoms.